The lowest BCUT2D eigenvalue weighted by atomic mass is 10.2. The number of rotatable bonds is 5. The second-order valence-corrected chi connectivity index (χ2v) is 5.09. The predicted octanol–water partition coefficient (Wildman–Crippen LogP) is 2.81. The highest BCUT2D eigenvalue weighted by atomic mass is 19.1. The Balaban J connectivity index is 1.61. The lowest BCUT2D eigenvalue weighted by molar-refractivity contribution is -0.122. The van der Waals surface area contributed by atoms with Gasteiger partial charge in [0, 0.05) is 11.8 Å². The molecule has 7 heteroatoms. The van der Waals surface area contributed by atoms with E-state index >= 15 is 0 Å². The Morgan fingerprint density at radius 2 is 2.04 bits per heavy atom. The Morgan fingerprint density at radius 1 is 1.25 bits per heavy atom. The number of hydrogen-bond donors (Lipinski definition) is 1. The summed E-state index contributed by atoms with van der Waals surface area (Å²) in [5.41, 5.74) is 1.45. The van der Waals surface area contributed by atoms with Crippen LogP contribution >= 0.6 is 0 Å². The van der Waals surface area contributed by atoms with E-state index in [-0.39, 0.29) is 5.91 Å². The van der Waals surface area contributed by atoms with Gasteiger partial charge >= 0.3 is 0 Å². The van der Waals surface area contributed by atoms with Crippen LogP contribution in [0, 0.1) is 5.82 Å². The van der Waals surface area contributed by atoms with Gasteiger partial charge in [0.15, 0.2) is 6.10 Å². The van der Waals surface area contributed by atoms with Crippen molar-refractivity contribution < 1.29 is 13.9 Å². The summed E-state index contributed by atoms with van der Waals surface area (Å²) in [7, 11) is 0. The normalized spacial score (nSPS) is 11.8. The Bertz CT molecular complexity index is 819. The number of amides is 1. The fourth-order valence-electron chi connectivity index (χ4n) is 2.08. The average molecular weight is 326 g/mol. The first-order chi connectivity index (χ1) is 11.6. The van der Waals surface area contributed by atoms with Crippen molar-refractivity contribution in [3.8, 4) is 11.4 Å². The molecular formula is C17H15FN4O2. The van der Waals surface area contributed by atoms with Gasteiger partial charge in [0.25, 0.3) is 5.91 Å². The highest BCUT2D eigenvalue weighted by Crippen LogP contribution is 2.16. The lowest BCUT2D eigenvalue weighted by Crippen LogP contribution is -2.30. The summed E-state index contributed by atoms with van der Waals surface area (Å²) in [6.07, 6.45) is 2.27. The molecule has 0 saturated heterocycles. The fraction of sp³-hybridized carbons (Fsp3) is 0.118. The van der Waals surface area contributed by atoms with Crippen LogP contribution in [0.3, 0.4) is 0 Å². The summed E-state index contributed by atoms with van der Waals surface area (Å²) in [5, 5.41) is 6.77. The highest BCUT2D eigenvalue weighted by Gasteiger charge is 2.15. The summed E-state index contributed by atoms with van der Waals surface area (Å²) in [5.74, 6) is -0.434. The molecule has 0 aliphatic rings. The monoisotopic (exact) mass is 326 g/mol. The predicted molar refractivity (Wildman–Crippen MR) is 86.5 cm³/mol. The molecule has 0 radical (unpaired) electrons. The number of nitrogens with one attached hydrogen (secondary N) is 1. The molecule has 1 N–H and O–H groups in total. The topological polar surface area (TPSA) is 69.0 Å². The highest BCUT2D eigenvalue weighted by molar-refractivity contribution is 5.94. The molecule has 6 nitrogen and oxygen atoms in total. The van der Waals surface area contributed by atoms with Gasteiger partial charge < -0.3 is 10.1 Å². The van der Waals surface area contributed by atoms with Crippen LogP contribution < -0.4 is 10.1 Å². The minimum Gasteiger partial charge on any atom is -0.481 e. The van der Waals surface area contributed by atoms with Crippen molar-refractivity contribution in [2.45, 2.75) is 13.0 Å². The van der Waals surface area contributed by atoms with E-state index < -0.39 is 11.9 Å². The third-order valence-corrected chi connectivity index (χ3v) is 3.30. The minimum atomic E-state index is -0.762. The Kier molecular flexibility index (Phi) is 4.51. The van der Waals surface area contributed by atoms with Crippen molar-refractivity contribution >= 4 is 11.6 Å². The Labute approximate surface area is 137 Å². The fourth-order valence-corrected chi connectivity index (χ4v) is 2.08. The third kappa shape index (κ3) is 3.75. The molecule has 3 rings (SSSR count). The number of ether oxygens (including phenoxy) is 1. The maximum Gasteiger partial charge on any atom is 0.265 e. The van der Waals surface area contributed by atoms with Gasteiger partial charge in [-0.3, -0.25) is 4.79 Å². The molecular weight excluding hydrogens is 311 g/mol. The maximum absolute atomic E-state index is 13.1. The first kappa shape index (κ1) is 15.7. The van der Waals surface area contributed by atoms with E-state index in [0.29, 0.717) is 11.4 Å². The second kappa shape index (κ2) is 6.91. The van der Waals surface area contributed by atoms with E-state index in [1.807, 2.05) is 12.1 Å². The van der Waals surface area contributed by atoms with Crippen molar-refractivity contribution in [1.29, 1.82) is 0 Å². The van der Waals surface area contributed by atoms with Crippen LogP contribution in [0.5, 0.6) is 5.75 Å². The summed E-state index contributed by atoms with van der Waals surface area (Å²) in [6.45, 7) is 1.60. The van der Waals surface area contributed by atoms with E-state index in [9.17, 15) is 9.18 Å². The second-order valence-electron chi connectivity index (χ2n) is 5.09. The molecule has 3 aromatic rings. The zero-order valence-corrected chi connectivity index (χ0v) is 12.9. The van der Waals surface area contributed by atoms with Crippen LogP contribution in [-0.4, -0.2) is 26.8 Å². The number of carbonyl (C=O) groups is 1. The van der Waals surface area contributed by atoms with Gasteiger partial charge in [-0.1, -0.05) is 6.07 Å². The van der Waals surface area contributed by atoms with Crippen LogP contribution in [0.25, 0.3) is 5.69 Å². The minimum absolute atomic E-state index is 0.305. The first-order valence-electron chi connectivity index (χ1n) is 7.30. The quantitative estimate of drug-likeness (QED) is 0.783. The molecule has 0 bridgehead atoms. The summed E-state index contributed by atoms with van der Waals surface area (Å²) >= 11 is 0. The molecule has 0 spiro atoms. The van der Waals surface area contributed by atoms with Gasteiger partial charge in [0.05, 0.1) is 5.69 Å². The average Bonchev–Trinajstić information content (AvgIpc) is 3.10. The van der Waals surface area contributed by atoms with Crippen molar-refractivity contribution in [3.63, 3.8) is 0 Å². The number of aromatic nitrogens is 3. The van der Waals surface area contributed by atoms with Crippen molar-refractivity contribution in [2.75, 3.05) is 5.32 Å². The summed E-state index contributed by atoms with van der Waals surface area (Å²) < 4.78 is 20.2. The molecule has 122 valence electrons. The summed E-state index contributed by atoms with van der Waals surface area (Å²) in [4.78, 5) is 16.0. The van der Waals surface area contributed by atoms with Crippen LogP contribution in [0.15, 0.2) is 61.2 Å². The number of carbonyl (C=O) groups excluding carboxylic acids is 1. The maximum atomic E-state index is 13.1. The molecule has 0 aliphatic heterocycles. The van der Waals surface area contributed by atoms with Crippen LogP contribution in [0.2, 0.25) is 0 Å². The van der Waals surface area contributed by atoms with Crippen LogP contribution in [0.1, 0.15) is 6.92 Å². The Hall–Kier alpha value is -3.22. The van der Waals surface area contributed by atoms with Gasteiger partial charge in [-0.15, -0.1) is 0 Å². The number of anilines is 1. The van der Waals surface area contributed by atoms with Gasteiger partial charge in [-0.05, 0) is 43.3 Å². The first-order valence-corrected chi connectivity index (χ1v) is 7.30. The Morgan fingerprint density at radius 3 is 2.71 bits per heavy atom. The van der Waals surface area contributed by atoms with Crippen molar-refractivity contribution in [2.24, 2.45) is 0 Å². The largest absolute Gasteiger partial charge is 0.481 e. The molecule has 24 heavy (non-hydrogen) atoms. The standard InChI is InChI=1S/C17H15FN4O2/c1-12(24-16-4-2-3-13(18)9-16)17(23)21-14-5-7-15(8-6-14)22-11-19-10-20-22/h2-12H,1H3,(H,21,23)/t12-/m0/s1. The van der Waals surface area contributed by atoms with Gasteiger partial charge in [-0.2, -0.15) is 5.10 Å². The molecule has 0 unspecified atom stereocenters. The molecule has 0 aliphatic carbocycles. The number of nitrogens with zero attached hydrogens (tertiary/aromatic N) is 3. The molecule has 0 saturated carbocycles. The van der Waals surface area contributed by atoms with E-state index in [0.717, 1.165) is 5.69 Å². The van der Waals surface area contributed by atoms with Crippen LogP contribution in [-0.2, 0) is 4.79 Å². The van der Waals surface area contributed by atoms with E-state index in [2.05, 4.69) is 15.4 Å². The van der Waals surface area contributed by atoms with Gasteiger partial charge in [0.2, 0.25) is 0 Å². The lowest BCUT2D eigenvalue weighted by Gasteiger charge is -2.15. The third-order valence-electron chi connectivity index (χ3n) is 3.30. The molecule has 1 aromatic heterocycles. The molecule has 2 aromatic carbocycles. The zero-order chi connectivity index (χ0) is 16.9. The number of benzene rings is 2. The van der Waals surface area contributed by atoms with Crippen LogP contribution in [0.4, 0.5) is 10.1 Å². The molecule has 1 heterocycles. The molecule has 1 atom stereocenters. The smallest absolute Gasteiger partial charge is 0.265 e. The zero-order valence-electron chi connectivity index (χ0n) is 12.9. The van der Waals surface area contributed by atoms with E-state index in [1.54, 1.807) is 36.1 Å². The van der Waals surface area contributed by atoms with Crippen molar-refractivity contribution in [1.82, 2.24) is 14.8 Å². The van der Waals surface area contributed by atoms with E-state index in [1.165, 1.54) is 24.5 Å². The molecule has 0 fully saturated rings. The molecule has 1 amide bonds. The van der Waals surface area contributed by atoms with Crippen molar-refractivity contribution in [3.05, 3.63) is 67.0 Å². The summed E-state index contributed by atoms with van der Waals surface area (Å²) in [6, 6.07) is 12.8. The number of hydrogen-bond acceptors (Lipinski definition) is 4. The van der Waals surface area contributed by atoms with Gasteiger partial charge in [0.1, 0.15) is 24.2 Å². The SMILES string of the molecule is C[C@H](Oc1cccc(F)c1)C(=O)Nc1ccc(-n2cncn2)cc1. The van der Waals surface area contributed by atoms with Gasteiger partial charge in [-0.25, -0.2) is 14.1 Å². The van der Waals surface area contributed by atoms with E-state index in [4.69, 9.17) is 4.74 Å². The number of halogens is 1.